The molecule has 1 aromatic rings. The van der Waals surface area contributed by atoms with Gasteiger partial charge in [0.2, 0.25) is 5.91 Å². The van der Waals surface area contributed by atoms with Crippen LogP contribution in [0.2, 0.25) is 10.0 Å². The number of hydrogen-bond donors (Lipinski definition) is 1. The molecule has 1 aromatic carbocycles. The van der Waals surface area contributed by atoms with E-state index in [4.69, 9.17) is 23.2 Å². The van der Waals surface area contributed by atoms with Gasteiger partial charge in [0.25, 0.3) is 0 Å². The summed E-state index contributed by atoms with van der Waals surface area (Å²) in [4.78, 5) is 14.2. The van der Waals surface area contributed by atoms with Gasteiger partial charge in [-0.2, -0.15) is 11.8 Å². The average molecular weight is 347 g/mol. The Hall–Kier alpha value is -0.420. The number of nitrogens with zero attached hydrogens (tertiary/aromatic N) is 1. The minimum absolute atomic E-state index is 0.0708. The fraction of sp³-hybridized carbons (Fsp3) is 0.533. The van der Waals surface area contributed by atoms with E-state index >= 15 is 0 Å². The molecule has 0 aliphatic carbocycles. The van der Waals surface area contributed by atoms with E-state index in [1.807, 2.05) is 31.8 Å². The van der Waals surface area contributed by atoms with Crippen LogP contribution in [-0.4, -0.2) is 41.9 Å². The first-order chi connectivity index (χ1) is 9.99. The lowest BCUT2D eigenvalue weighted by Crippen LogP contribution is -2.42. The Morgan fingerprint density at radius 2 is 2.29 bits per heavy atom. The zero-order valence-corrected chi connectivity index (χ0v) is 14.6. The van der Waals surface area contributed by atoms with Crippen LogP contribution in [-0.2, 0) is 4.79 Å². The molecule has 3 nitrogen and oxygen atoms in total. The molecule has 21 heavy (non-hydrogen) atoms. The summed E-state index contributed by atoms with van der Waals surface area (Å²) in [6.07, 6.45) is 0.527. The molecule has 0 radical (unpaired) electrons. The Kier molecular flexibility index (Phi) is 6.23. The summed E-state index contributed by atoms with van der Waals surface area (Å²) in [7, 11) is 1.83. The van der Waals surface area contributed by atoms with Crippen LogP contribution in [0.25, 0.3) is 0 Å². The second-order valence-corrected chi connectivity index (χ2v) is 7.27. The molecule has 0 spiro atoms. The summed E-state index contributed by atoms with van der Waals surface area (Å²) in [5.74, 6) is 2.25. The van der Waals surface area contributed by atoms with Gasteiger partial charge >= 0.3 is 0 Å². The van der Waals surface area contributed by atoms with Crippen molar-refractivity contribution in [3.63, 3.8) is 0 Å². The number of halogens is 2. The molecule has 1 N–H and O–H groups in total. The Balaban J connectivity index is 2.00. The SMILES string of the molecule is CC(c1ccc(Cl)cc1Cl)N(C)C(=O)CC1CSCCN1. The fourth-order valence-electron chi connectivity index (χ4n) is 2.37. The predicted molar refractivity (Wildman–Crippen MR) is 91.4 cm³/mol. The minimum atomic E-state index is -0.0708. The lowest BCUT2D eigenvalue weighted by molar-refractivity contribution is -0.132. The van der Waals surface area contributed by atoms with Gasteiger partial charge in [0.05, 0.1) is 6.04 Å². The van der Waals surface area contributed by atoms with Crippen LogP contribution >= 0.6 is 35.0 Å². The molecule has 1 heterocycles. The molecule has 2 rings (SSSR count). The van der Waals surface area contributed by atoms with E-state index in [1.54, 1.807) is 17.0 Å². The van der Waals surface area contributed by atoms with Crippen LogP contribution in [0, 0.1) is 0 Å². The first-order valence-electron chi connectivity index (χ1n) is 7.00. The zero-order chi connectivity index (χ0) is 15.4. The summed E-state index contributed by atoms with van der Waals surface area (Å²) >= 11 is 14.0. The van der Waals surface area contributed by atoms with E-state index in [2.05, 4.69) is 5.32 Å². The number of thioether (sulfide) groups is 1. The van der Waals surface area contributed by atoms with Crippen molar-refractivity contribution in [1.29, 1.82) is 0 Å². The highest BCUT2D eigenvalue weighted by Crippen LogP contribution is 2.29. The average Bonchev–Trinajstić information content (AvgIpc) is 2.47. The van der Waals surface area contributed by atoms with Crippen molar-refractivity contribution in [3.8, 4) is 0 Å². The quantitative estimate of drug-likeness (QED) is 0.903. The van der Waals surface area contributed by atoms with Gasteiger partial charge in [0.1, 0.15) is 0 Å². The number of hydrogen-bond acceptors (Lipinski definition) is 3. The third-order valence-electron chi connectivity index (χ3n) is 3.81. The van der Waals surface area contributed by atoms with Crippen LogP contribution in [0.5, 0.6) is 0 Å². The smallest absolute Gasteiger partial charge is 0.224 e. The largest absolute Gasteiger partial charge is 0.339 e. The Bertz CT molecular complexity index is 506. The number of carbonyl (C=O) groups is 1. The highest BCUT2D eigenvalue weighted by atomic mass is 35.5. The zero-order valence-electron chi connectivity index (χ0n) is 12.2. The summed E-state index contributed by atoms with van der Waals surface area (Å²) in [5.41, 5.74) is 0.919. The second kappa shape index (κ2) is 7.73. The maximum atomic E-state index is 12.4. The van der Waals surface area contributed by atoms with Gasteiger partial charge in [0.15, 0.2) is 0 Å². The normalized spacial score (nSPS) is 20.1. The lowest BCUT2D eigenvalue weighted by Gasteiger charge is -2.29. The molecular formula is C15H20Cl2N2OS. The monoisotopic (exact) mass is 346 g/mol. The fourth-order valence-corrected chi connectivity index (χ4v) is 3.89. The lowest BCUT2D eigenvalue weighted by atomic mass is 10.1. The Morgan fingerprint density at radius 3 is 2.90 bits per heavy atom. The number of benzene rings is 1. The van der Waals surface area contributed by atoms with Crippen molar-refractivity contribution in [3.05, 3.63) is 33.8 Å². The van der Waals surface area contributed by atoms with Crippen LogP contribution < -0.4 is 5.32 Å². The number of carbonyl (C=O) groups excluding carboxylic acids is 1. The molecule has 1 aliphatic heterocycles. The topological polar surface area (TPSA) is 32.3 Å². The van der Waals surface area contributed by atoms with Gasteiger partial charge in [0, 0.05) is 47.6 Å². The molecule has 0 saturated carbocycles. The highest BCUT2D eigenvalue weighted by Gasteiger charge is 2.23. The Labute approximate surface area is 140 Å². The molecule has 0 bridgehead atoms. The molecule has 1 fully saturated rings. The molecule has 6 heteroatoms. The molecule has 1 amide bonds. The maximum absolute atomic E-state index is 12.4. The number of amides is 1. The van der Waals surface area contributed by atoms with E-state index in [0.717, 1.165) is 23.6 Å². The molecule has 2 atom stereocenters. The first kappa shape index (κ1) is 16.9. The van der Waals surface area contributed by atoms with Gasteiger partial charge in [-0.1, -0.05) is 29.3 Å². The van der Waals surface area contributed by atoms with Crippen molar-refractivity contribution in [2.75, 3.05) is 25.1 Å². The van der Waals surface area contributed by atoms with Crippen LogP contribution in [0.3, 0.4) is 0 Å². The third-order valence-corrected chi connectivity index (χ3v) is 5.50. The van der Waals surface area contributed by atoms with Crippen LogP contribution in [0.15, 0.2) is 18.2 Å². The minimum Gasteiger partial charge on any atom is -0.339 e. The number of nitrogens with one attached hydrogen (secondary N) is 1. The summed E-state index contributed by atoms with van der Waals surface area (Å²) < 4.78 is 0. The van der Waals surface area contributed by atoms with Gasteiger partial charge in [-0.15, -0.1) is 0 Å². The van der Waals surface area contributed by atoms with E-state index < -0.39 is 0 Å². The molecule has 1 aliphatic rings. The molecular weight excluding hydrogens is 327 g/mol. The summed E-state index contributed by atoms with van der Waals surface area (Å²) in [6, 6.07) is 5.60. The van der Waals surface area contributed by atoms with Gasteiger partial charge in [-0.05, 0) is 24.6 Å². The van der Waals surface area contributed by atoms with Crippen LogP contribution in [0.1, 0.15) is 24.9 Å². The highest BCUT2D eigenvalue weighted by molar-refractivity contribution is 7.99. The van der Waals surface area contributed by atoms with Crippen molar-refractivity contribution < 1.29 is 4.79 Å². The number of rotatable bonds is 4. The molecule has 0 aromatic heterocycles. The standard InChI is InChI=1S/C15H20Cl2N2OS/c1-10(13-4-3-11(16)7-14(13)17)19(2)15(20)8-12-9-21-6-5-18-12/h3-4,7,10,12,18H,5-6,8-9H2,1-2H3. The third kappa shape index (κ3) is 4.52. The van der Waals surface area contributed by atoms with E-state index in [-0.39, 0.29) is 18.0 Å². The van der Waals surface area contributed by atoms with Gasteiger partial charge in [-0.25, -0.2) is 0 Å². The van der Waals surface area contributed by atoms with Crippen molar-refractivity contribution >= 4 is 40.9 Å². The molecule has 2 unspecified atom stereocenters. The molecule has 116 valence electrons. The summed E-state index contributed by atoms with van der Waals surface area (Å²) in [5, 5.41) is 4.59. The predicted octanol–water partition coefficient (Wildman–Crippen LogP) is 3.61. The first-order valence-corrected chi connectivity index (χ1v) is 8.92. The summed E-state index contributed by atoms with van der Waals surface area (Å²) in [6.45, 7) is 2.96. The Morgan fingerprint density at radius 1 is 1.52 bits per heavy atom. The van der Waals surface area contributed by atoms with Gasteiger partial charge in [-0.3, -0.25) is 4.79 Å². The van der Waals surface area contributed by atoms with Gasteiger partial charge < -0.3 is 10.2 Å². The van der Waals surface area contributed by atoms with E-state index in [9.17, 15) is 4.79 Å². The molecule has 1 saturated heterocycles. The van der Waals surface area contributed by atoms with Crippen molar-refractivity contribution in [1.82, 2.24) is 10.2 Å². The van der Waals surface area contributed by atoms with E-state index in [1.165, 1.54) is 0 Å². The van der Waals surface area contributed by atoms with Crippen LogP contribution in [0.4, 0.5) is 0 Å². The second-order valence-electron chi connectivity index (χ2n) is 5.28. The maximum Gasteiger partial charge on any atom is 0.224 e. The van der Waals surface area contributed by atoms with Crippen molar-refractivity contribution in [2.24, 2.45) is 0 Å². The van der Waals surface area contributed by atoms with Crippen molar-refractivity contribution in [2.45, 2.75) is 25.4 Å². The van der Waals surface area contributed by atoms with E-state index in [0.29, 0.717) is 16.5 Å².